The standard InChI is InChI=1S/C23H34O3S/c1-7-18-9-15(5)10-19(8-2)22(18)23-20(24)12-17(13-21(23)25)11-16(6)27(26)14(3)4/h9-10,14,16-17,24H,7-8,11-13H2,1-6H3. The smallest absolute Gasteiger partial charge is 0.167 e. The summed E-state index contributed by atoms with van der Waals surface area (Å²) in [5.41, 5.74) is 4.94. The summed E-state index contributed by atoms with van der Waals surface area (Å²) in [6.45, 7) is 12.2. The highest BCUT2D eigenvalue weighted by atomic mass is 32.2. The number of Topliss-reactive ketones (excluding diaryl/α,β-unsaturated/α-hetero) is 1. The maximum absolute atomic E-state index is 13.0. The van der Waals surface area contributed by atoms with E-state index in [1.807, 2.05) is 20.8 Å². The second-order valence-corrected chi connectivity index (χ2v) is 10.5. The molecular formula is C23H34O3S. The van der Waals surface area contributed by atoms with Crippen molar-refractivity contribution >= 4 is 22.2 Å². The lowest BCUT2D eigenvalue weighted by Crippen LogP contribution is -2.26. The van der Waals surface area contributed by atoms with Crippen molar-refractivity contribution in [2.75, 3.05) is 0 Å². The average molecular weight is 391 g/mol. The summed E-state index contributed by atoms with van der Waals surface area (Å²) >= 11 is 0. The molecule has 0 spiro atoms. The quantitative estimate of drug-likeness (QED) is 0.687. The lowest BCUT2D eigenvalue weighted by Gasteiger charge is -2.28. The molecular weight excluding hydrogens is 356 g/mol. The maximum Gasteiger partial charge on any atom is 0.167 e. The van der Waals surface area contributed by atoms with Gasteiger partial charge in [-0.3, -0.25) is 9.00 Å². The number of benzene rings is 1. The van der Waals surface area contributed by atoms with Gasteiger partial charge in [-0.05, 0) is 48.8 Å². The molecule has 3 atom stereocenters. The maximum atomic E-state index is 13.0. The summed E-state index contributed by atoms with van der Waals surface area (Å²) in [5.74, 6) is 0.311. The summed E-state index contributed by atoms with van der Waals surface area (Å²) in [6.07, 6.45) is 3.31. The molecule has 0 bridgehead atoms. The zero-order chi connectivity index (χ0) is 20.3. The molecule has 27 heavy (non-hydrogen) atoms. The molecule has 0 fully saturated rings. The van der Waals surface area contributed by atoms with Crippen LogP contribution in [0.15, 0.2) is 17.9 Å². The van der Waals surface area contributed by atoms with E-state index in [4.69, 9.17) is 0 Å². The van der Waals surface area contributed by atoms with Gasteiger partial charge < -0.3 is 5.11 Å². The van der Waals surface area contributed by atoms with Crippen LogP contribution in [0.2, 0.25) is 0 Å². The second kappa shape index (κ2) is 9.18. The zero-order valence-electron chi connectivity index (χ0n) is 17.6. The molecule has 150 valence electrons. The van der Waals surface area contributed by atoms with Crippen LogP contribution in [0.5, 0.6) is 0 Å². The van der Waals surface area contributed by atoms with Gasteiger partial charge in [0, 0.05) is 34.1 Å². The molecule has 0 saturated carbocycles. The predicted octanol–water partition coefficient (Wildman–Crippen LogP) is 5.30. The van der Waals surface area contributed by atoms with Crippen LogP contribution in [0.1, 0.15) is 76.1 Å². The highest BCUT2D eigenvalue weighted by molar-refractivity contribution is 7.86. The van der Waals surface area contributed by atoms with E-state index in [0.29, 0.717) is 24.8 Å². The minimum absolute atomic E-state index is 0.0273. The number of ketones is 1. The molecule has 3 nitrogen and oxygen atoms in total. The highest BCUT2D eigenvalue weighted by Crippen LogP contribution is 2.38. The normalized spacial score (nSPS) is 20.3. The van der Waals surface area contributed by atoms with Crippen molar-refractivity contribution in [3.05, 3.63) is 40.1 Å². The van der Waals surface area contributed by atoms with Gasteiger partial charge in [0.15, 0.2) is 5.78 Å². The van der Waals surface area contributed by atoms with Crippen LogP contribution in [0, 0.1) is 12.8 Å². The fourth-order valence-corrected chi connectivity index (χ4v) is 5.66. The minimum Gasteiger partial charge on any atom is -0.512 e. The van der Waals surface area contributed by atoms with E-state index in [0.717, 1.165) is 29.5 Å². The number of aryl methyl sites for hydroxylation is 3. The summed E-state index contributed by atoms with van der Waals surface area (Å²) < 4.78 is 12.3. The van der Waals surface area contributed by atoms with Crippen molar-refractivity contribution in [2.24, 2.45) is 5.92 Å². The number of hydrogen-bond donors (Lipinski definition) is 1. The Kier molecular flexibility index (Phi) is 7.44. The average Bonchev–Trinajstić information content (AvgIpc) is 2.60. The fraction of sp³-hybridized carbons (Fsp3) is 0.609. The molecule has 1 aliphatic carbocycles. The molecule has 0 aromatic heterocycles. The van der Waals surface area contributed by atoms with Crippen molar-refractivity contribution in [3.63, 3.8) is 0 Å². The van der Waals surface area contributed by atoms with Gasteiger partial charge in [-0.1, -0.05) is 52.3 Å². The van der Waals surface area contributed by atoms with Gasteiger partial charge in [-0.25, -0.2) is 0 Å². The van der Waals surface area contributed by atoms with Crippen molar-refractivity contribution < 1.29 is 14.1 Å². The van der Waals surface area contributed by atoms with E-state index in [1.165, 1.54) is 5.56 Å². The lowest BCUT2D eigenvalue weighted by molar-refractivity contribution is -0.115. The van der Waals surface area contributed by atoms with Gasteiger partial charge >= 0.3 is 0 Å². The van der Waals surface area contributed by atoms with Crippen molar-refractivity contribution in [1.29, 1.82) is 0 Å². The third-order valence-electron chi connectivity index (χ3n) is 5.51. The predicted molar refractivity (Wildman–Crippen MR) is 115 cm³/mol. The molecule has 2 rings (SSSR count). The molecule has 1 aromatic rings. The van der Waals surface area contributed by atoms with Gasteiger partial charge in [0.05, 0.1) is 5.57 Å². The Hall–Kier alpha value is -1.42. The van der Waals surface area contributed by atoms with E-state index >= 15 is 0 Å². The Morgan fingerprint density at radius 1 is 1.11 bits per heavy atom. The summed E-state index contributed by atoms with van der Waals surface area (Å²) in [6, 6.07) is 4.25. The molecule has 0 aliphatic heterocycles. The summed E-state index contributed by atoms with van der Waals surface area (Å²) in [7, 11) is -0.907. The number of carbonyl (C=O) groups excluding carboxylic acids is 1. The third kappa shape index (κ3) is 4.90. The molecule has 3 unspecified atom stereocenters. The topological polar surface area (TPSA) is 54.4 Å². The first-order chi connectivity index (χ1) is 12.7. The first kappa shape index (κ1) is 21.9. The summed E-state index contributed by atoms with van der Waals surface area (Å²) in [4.78, 5) is 13.0. The van der Waals surface area contributed by atoms with Crippen LogP contribution < -0.4 is 0 Å². The Balaban J connectivity index is 2.36. The van der Waals surface area contributed by atoms with Crippen LogP contribution in [0.3, 0.4) is 0 Å². The molecule has 1 aliphatic rings. The van der Waals surface area contributed by atoms with Gasteiger partial charge in [0.25, 0.3) is 0 Å². The second-order valence-electron chi connectivity index (χ2n) is 8.11. The molecule has 0 heterocycles. The van der Waals surface area contributed by atoms with Crippen LogP contribution in [0.25, 0.3) is 5.57 Å². The van der Waals surface area contributed by atoms with E-state index < -0.39 is 10.8 Å². The van der Waals surface area contributed by atoms with E-state index in [1.54, 1.807) is 0 Å². The van der Waals surface area contributed by atoms with Crippen molar-refractivity contribution in [1.82, 2.24) is 0 Å². The van der Waals surface area contributed by atoms with Gasteiger partial charge in [-0.15, -0.1) is 0 Å². The lowest BCUT2D eigenvalue weighted by atomic mass is 9.79. The van der Waals surface area contributed by atoms with Gasteiger partial charge in [0.2, 0.25) is 0 Å². The Labute approximate surface area is 166 Å². The van der Waals surface area contributed by atoms with Gasteiger partial charge in [-0.2, -0.15) is 0 Å². The van der Waals surface area contributed by atoms with E-state index in [2.05, 4.69) is 32.9 Å². The number of carbonyl (C=O) groups is 1. The first-order valence-corrected chi connectivity index (χ1v) is 11.4. The number of aliphatic hydroxyl groups excluding tert-OH is 1. The summed E-state index contributed by atoms with van der Waals surface area (Å²) in [5, 5.41) is 11.0. The molecule has 4 heteroatoms. The Bertz CT molecular complexity index is 736. The van der Waals surface area contributed by atoms with E-state index in [9.17, 15) is 14.1 Å². The van der Waals surface area contributed by atoms with Crippen LogP contribution in [-0.4, -0.2) is 25.6 Å². The number of rotatable bonds is 7. The SMILES string of the molecule is CCc1cc(C)cc(CC)c1C1=C(O)CC(CC(C)S(=O)C(C)C)CC1=O. The van der Waals surface area contributed by atoms with Crippen LogP contribution >= 0.6 is 0 Å². The Morgan fingerprint density at radius 2 is 1.67 bits per heavy atom. The van der Waals surface area contributed by atoms with Crippen LogP contribution in [0.4, 0.5) is 0 Å². The van der Waals surface area contributed by atoms with Crippen LogP contribution in [-0.2, 0) is 28.4 Å². The first-order valence-electron chi connectivity index (χ1n) is 10.2. The van der Waals surface area contributed by atoms with E-state index in [-0.39, 0.29) is 28.0 Å². The fourth-order valence-electron chi connectivity index (χ4n) is 4.27. The Morgan fingerprint density at radius 3 is 2.11 bits per heavy atom. The molecule has 1 N–H and O–H groups in total. The largest absolute Gasteiger partial charge is 0.512 e. The highest BCUT2D eigenvalue weighted by Gasteiger charge is 2.32. The number of allylic oxidation sites excluding steroid dienone is 2. The van der Waals surface area contributed by atoms with Crippen molar-refractivity contribution in [2.45, 2.75) is 84.1 Å². The molecule has 1 aromatic carbocycles. The number of hydrogen-bond acceptors (Lipinski definition) is 3. The molecule has 0 radical (unpaired) electrons. The molecule has 0 saturated heterocycles. The minimum atomic E-state index is -0.907. The van der Waals surface area contributed by atoms with Gasteiger partial charge in [0.1, 0.15) is 5.76 Å². The monoisotopic (exact) mass is 390 g/mol. The number of aliphatic hydroxyl groups is 1. The molecule has 0 amide bonds. The zero-order valence-corrected chi connectivity index (χ0v) is 18.4. The van der Waals surface area contributed by atoms with Crippen molar-refractivity contribution in [3.8, 4) is 0 Å². The third-order valence-corrected chi connectivity index (χ3v) is 7.42.